The highest BCUT2D eigenvalue weighted by atomic mass is 79.9. The molecule has 21 heavy (non-hydrogen) atoms. The van der Waals surface area contributed by atoms with Crippen LogP contribution in [0.15, 0.2) is 51.1 Å². The molecule has 1 heterocycles. The topological polar surface area (TPSA) is 52.9 Å². The maximum Gasteiger partial charge on any atom is 0.261 e. The Hall–Kier alpha value is -1.90. The van der Waals surface area contributed by atoms with Gasteiger partial charge >= 0.3 is 0 Å². The monoisotopic (exact) mass is 360 g/mol. The number of thiophene rings is 1. The molecule has 0 atom stereocenters. The molecular formula is C16H13BrN2OS. The van der Waals surface area contributed by atoms with Crippen molar-refractivity contribution in [2.24, 2.45) is 0 Å². The molecule has 0 saturated heterocycles. The Bertz CT molecular complexity index is 686. The lowest BCUT2D eigenvalue weighted by atomic mass is 10.1. The predicted molar refractivity (Wildman–Crippen MR) is 88.8 cm³/mol. The third-order valence-corrected chi connectivity index (χ3v) is 4.33. The quantitative estimate of drug-likeness (QED) is 0.651. The first kappa shape index (κ1) is 15.5. The van der Waals surface area contributed by atoms with Gasteiger partial charge < -0.3 is 5.32 Å². The van der Waals surface area contributed by atoms with E-state index in [1.807, 2.05) is 47.8 Å². The normalized spacial score (nSPS) is 11.0. The van der Waals surface area contributed by atoms with Gasteiger partial charge in [-0.3, -0.25) is 4.79 Å². The van der Waals surface area contributed by atoms with Crippen molar-refractivity contribution in [1.29, 1.82) is 5.26 Å². The number of carbonyl (C=O) groups is 1. The third-order valence-electron chi connectivity index (χ3n) is 2.81. The summed E-state index contributed by atoms with van der Waals surface area (Å²) in [6, 6.07) is 13.7. The number of amides is 1. The van der Waals surface area contributed by atoms with Gasteiger partial charge in [0.2, 0.25) is 0 Å². The fraction of sp³-hybridized carbons (Fsp3) is 0.125. The number of hydrogen-bond donors (Lipinski definition) is 1. The van der Waals surface area contributed by atoms with Crippen LogP contribution in [0.2, 0.25) is 0 Å². The molecule has 0 spiro atoms. The number of nitriles is 1. The van der Waals surface area contributed by atoms with Crippen molar-refractivity contribution < 1.29 is 4.79 Å². The minimum Gasteiger partial charge on any atom is -0.351 e. The van der Waals surface area contributed by atoms with Crippen LogP contribution in [0.5, 0.6) is 0 Å². The SMILES string of the molecule is N#C/C(=C\c1csc(Br)c1)C(=O)NCCc1ccccc1. The summed E-state index contributed by atoms with van der Waals surface area (Å²) in [4.78, 5) is 12.0. The van der Waals surface area contributed by atoms with E-state index in [9.17, 15) is 4.79 Å². The van der Waals surface area contributed by atoms with Crippen LogP contribution in [0, 0.1) is 11.3 Å². The minimum absolute atomic E-state index is 0.119. The molecule has 1 aromatic heterocycles. The molecular weight excluding hydrogens is 348 g/mol. The van der Waals surface area contributed by atoms with Crippen molar-refractivity contribution in [1.82, 2.24) is 5.32 Å². The van der Waals surface area contributed by atoms with Crippen LogP contribution in [0.3, 0.4) is 0 Å². The fourth-order valence-corrected chi connectivity index (χ4v) is 2.91. The van der Waals surface area contributed by atoms with E-state index in [0.717, 1.165) is 21.3 Å². The summed E-state index contributed by atoms with van der Waals surface area (Å²) in [5, 5.41) is 13.8. The second kappa shape index (κ2) is 7.77. The second-order valence-electron chi connectivity index (χ2n) is 4.35. The lowest BCUT2D eigenvalue weighted by molar-refractivity contribution is -0.117. The van der Waals surface area contributed by atoms with Crippen molar-refractivity contribution in [2.45, 2.75) is 6.42 Å². The van der Waals surface area contributed by atoms with Crippen LogP contribution in [0.1, 0.15) is 11.1 Å². The Morgan fingerprint density at radius 3 is 2.76 bits per heavy atom. The first-order valence-electron chi connectivity index (χ1n) is 6.37. The van der Waals surface area contributed by atoms with E-state index in [0.29, 0.717) is 6.54 Å². The Labute approximate surface area is 136 Å². The van der Waals surface area contributed by atoms with Gasteiger partial charge in [0.1, 0.15) is 11.6 Å². The molecule has 1 N–H and O–H groups in total. The molecule has 1 aromatic carbocycles. The number of carbonyl (C=O) groups excluding carboxylic acids is 1. The summed E-state index contributed by atoms with van der Waals surface area (Å²) in [5.41, 5.74) is 2.12. The Morgan fingerprint density at radius 2 is 2.14 bits per heavy atom. The van der Waals surface area contributed by atoms with Crippen LogP contribution in [-0.2, 0) is 11.2 Å². The molecule has 0 aliphatic heterocycles. The van der Waals surface area contributed by atoms with Crippen LogP contribution < -0.4 is 5.32 Å². The first-order valence-corrected chi connectivity index (χ1v) is 8.04. The van der Waals surface area contributed by atoms with E-state index in [-0.39, 0.29) is 11.5 Å². The lowest BCUT2D eigenvalue weighted by Crippen LogP contribution is -2.26. The molecule has 3 nitrogen and oxygen atoms in total. The summed E-state index contributed by atoms with van der Waals surface area (Å²) in [5.74, 6) is -0.337. The van der Waals surface area contributed by atoms with Gasteiger partial charge in [-0.15, -0.1) is 11.3 Å². The van der Waals surface area contributed by atoms with Crippen LogP contribution in [0.4, 0.5) is 0 Å². The lowest BCUT2D eigenvalue weighted by Gasteiger charge is -2.04. The molecule has 106 valence electrons. The van der Waals surface area contributed by atoms with Gasteiger partial charge in [0.05, 0.1) is 3.79 Å². The molecule has 0 radical (unpaired) electrons. The number of nitrogens with zero attached hydrogens (tertiary/aromatic N) is 1. The summed E-state index contributed by atoms with van der Waals surface area (Å²) in [6.07, 6.45) is 2.34. The number of hydrogen-bond acceptors (Lipinski definition) is 3. The average Bonchev–Trinajstić information content (AvgIpc) is 2.91. The highest BCUT2D eigenvalue weighted by molar-refractivity contribution is 9.11. The summed E-state index contributed by atoms with van der Waals surface area (Å²) in [6.45, 7) is 0.509. The molecule has 5 heteroatoms. The molecule has 0 aliphatic rings. The summed E-state index contributed by atoms with van der Waals surface area (Å²) < 4.78 is 0.968. The van der Waals surface area contributed by atoms with Crippen molar-refractivity contribution >= 4 is 39.2 Å². The maximum absolute atomic E-state index is 12.0. The Balaban J connectivity index is 1.92. The highest BCUT2D eigenvalue weighted by Gasteiger charge is 2.08. The Kier molecular flexibility index (Phi) is 5.73. The second-order valence-corrected chi connectivity index (χ2v) is 6.64. The van der Waals surface area contributed by atoms with Crippen LogP contribution in [0.25, 0.3) is 6.08 Å². The smallest absolute Gasteiger partial charge is 0.261 e. The fourth-order valence-electron chi connectivity index (χ4n) is 1.77. The van der Waals surface area contributed by atoms with E-state index in [1.165, 1.54) is 11.3 Å². The van der Waals surface area contributed by atoms with Crippen molar-refractivity contribution in [2.75, 3.05) is 6.54 Å². The van der Waals surface area contributed by atoms with Crippen molar-refractivity contribution in [3.05, 3.63) is 62.3 Å². The predicted octanol–water partition coefficient (Wildman–Crippen LogP) is 3.78. The number of nitrogens with one attached hydrogen (secondary N) is 1. The largest absolute Gasteiger partial charge is 0.351 e. The van der Waals surface area contributed by atoms with Crippen molar-refractivity contribution in [3.63, 3.8) is 0 Å². The minimum atomic E-state index is -0.337. The van der Waals surface area contributed by atoms with Crippen molar-refractivity contribution in [3.8, 4) is 6.07 Å². The maximum atomic E-state index is 12.0. The van der Waals surface area contributed by atoms with E-state index in [1.54, 1.807) is 6.08 Å². The molecule has 2 rings (SSSR count). The first-order chi connectivity index (χ1) is 10.2. The number of rotatable bonds is 5. The Morgan fingerprint density at radius 1 is 1.38 bits per heavy atom. The van der Waals surface area contributed by atoms with Gasteiger partial charge in [-0.1, -0.05) is 30.3 Å². The van der Waals surface area contributed by atoms with E-state index in [4.69, 9.17) is 5.26 Å². The van der Waals surface area contributed by atoms with Gasteiger partial charge in [-0.05, 0) is 51.0 Å². The number of halogens is 1. The van der Waals surface area contributed by atoms with Gasteiger partial charge in [0.25, 0.3) is 5.91 Å². The molecule has 2 aromatic rings. The van der Waals surface area contributed by atoms with Gasteiger partial charge in [-0.25, -0.2) is 0 Å². The molecule has 0 bridgehead atoms. The van der Waals surface area contributed by atoms with Crippen LogP contribution >= 0.6 is 27.3 Å². The standard InChI is InChI=1S/C16H13BrN2OS/c17-15-9-13(11-21-15)8-14(10-18)16(20)19-7-6-12-4-2-1-3-5-12/h1-5,8-9,11H,6-7H2,(H,19,20)/b14-8+. The zero-order valence-corrected chi connectivity index (χ0v) is 13.6. The van der Waals surface area contributed by atoms with Crippen LogP contribution in [-0.4, -0.2) is 12.5 Å². The third kappa shape index (κ3) is 4.85. The molecule has 1 amide bonds. The molecule has 0 fully saturated rings. The summed E-state index contributed by atoms with van der Waals surface area (Å²) >= 11 is 4.87. The van der Waals surface area contributed by atoms with E-state index < -0.39 is 0 Å². The molecule has 0 saturated carbocycles. The van der Waals surface area contributed by atoms with E-state index in [2.05, 4.69) is 21.2 Å². The number of benzene rings is 1. The highest BCUT2D eigenvalue weighted by Crippen LogP contribution is 2.22. The summed E-state index contributed by atoms with van der Waals surface area (Å²) in [7, 11) is 0. The average molecular weight is 361 g/mol. The van der Waals surface area contributed by atoms with E-state index >= 15 is 0 Å². The van der Waals surface area contributed by atoms with Gasteiger partial charge in [0, 0.05) is 6.54 Å². The molecule has 0 unspecified atom stereocenters. The zero-order chi connectivity index (χ0) is 15.1. The zero-order valence-electron chi connectivity index (χ0n) is 11.2. The van der Waals surface area contributed by atoms with Gasteiger partial charge in [0.15, 0.2) is 0 Å². The molecule has 0 aliphatic carbocycles. The van der Waals surface area contributed by atoms with Gasteiger partial charge in [-0.2, -0.15) is 5.26 Å².